The highest BCUT2D eigenvalue weighted by molar-refractivity contribution is 5.81. The highest BCUT2D eigenvalue weighted by Crippen LogP contribution is 2.31. The maximum Gasteiger partial charge on any atom is 0.279 e. The van der Waals surface area contributed by atoms with E-state index in [1.165, 1.54) is 35.4 Å². The van der Waals surface area contributed by atoms with Crippen molar-refractivity contribution in [3.63, 3.8) is 0 Å². The average Bonchev–Trinajstić information content (AvgIpc) is 4.26. The van der Waals surface area contributed by atoms with E-state index in [0.29, 0.717) is 64.7 Å². The molecule has 0 aliphatic carbocycles. The van der Waals surface area contributed by atoms with Gasteiger partial charge in [-0.25, -0.2) is 0 Å². The van der Waals surface area contributed by atoms with Crippen molar-refractivity contribution in [2.45, 2.75) is 45.9 Å². The summed E-state index contributed by atoms with van der Waals surface area (Å²) >= 11 is 0. The van der Waals surface area contributed by atoms with Gasteiger partial charge in [-0.15, -0.1) is 0 Å². The Morgan fingerprint density at radius 2 is 0.700 bits per heavy atom. The van der Waals surface area contributed by atoms with Crippen LogP contribution in [0.5, 0.6) is 0 Å². The number of para-hydroxylation sites is 3. The first-order valence-electron chi connectivity index (χ1n) is 22.3. The SMILES string of the molecule is Cc1ccccc1C1OCCO1.Cc1ccccc1C1OCCO1.Cc1ccccc1C=O.Nc1ccccc1C1OCCO1.O=Cc1ccccc1[N+](=O)[O-].O=[N+]([O-])c1ccccc1C1OCCO1. The van der Waals surface area contributed by atoms with Gasteiger partial charge in [-0.1, -0.05) is 115 Å². The van der Waals surface area contributed by atoms with Crippen LogP contribution in [-0.2, 0) is 37.9 Å². The molecule has 0 spiro atoms. The molecule has 0 unspecified atom stereocenters. The minimum absolute atomic E-state index is 0.0411. The average molecular weight is 960 g/mol. The Balaban J connectivity index is 0.000000157. The molecule has 6 aromatic carbocycles. The van der Waals surface area contributed by atoms with E-state index >= 15 is 0 Å². The van der Waals surface area contributed by atoms with E-state index in [4.69, 9.17) is 43.6 Å². The van der Waals surface area contributed by atoms with Crippen LogP contribution in [0.4, 0.5) is 17.1 Å². The maximum atomic E-state index is 10.7. The molecule has 0 radical (unpaired) electrons. The zero-order valence-electron chi connectivity index (χ0n) is 39.2. The number of aldehydes is 2. The summed E-state index contributed by atoms with van der Waals surface area (Å²) in [5, 5.41) is 20.9. The molecule has 10 rings (SSSR count). The fourth-order valence-corrected chi connectivity index (χ4v) is 6.91. The van der Waals surface area contributed by atoms with E-state index in [1.807, 2.05) is 91.9 Å². The standard InChI is InChI=1S/2C10H12O2.C9H9NO4.C9H11NO2.C8H8O.C7H5NO3/c2*1-8-4-2-3-5-9(8)10-11-6-7-12-10;11-10(12)8-4-2-1-3-7(8)9-13-5-6-14-9;10-8-4-2-1-3-7(8)9-11-5-6-12-9;1-7-4-2-3-5-8(7)6-9;9-5-6-3-1-2-4-7(6)8(10)11/h2*2-5,10H,6-7H2,1H3;1-4,9H,5-6H2;1-4,9H,5-6,10H2;2-6H,1H3;1-5H. The second-order valence-electron chi connectivity index (χ2n) is 15.4. The van der Waals surface area contributed by atoms with Crippen LogP contribution in [-0.4, -0.2) is 75.3 Å². The van der Waals surface area contributed by atoms with E-state index < -0.39 is 16.1 Å². The number of nitrogens with two attached hydrogens (primary N) is 1. The molecule has 4 heterocycles. The fraction of sp³-hybridized carbons (Fsp3) is 0.283. The van der Waals surface area contributed by atoms with Gasteiger partial charge < -0.3 is 43.6 Å². The molecule has 0 bridgehead atoms. The van der Waals surface area contributed by atoms with Gasteiger partial charge in [-0.3, -0.25) is 29.8 Å². The largest absolute Gasteiger partial charge is 0.398 e. The molecule has 0 saturated carbocycles. The molecule has 368 valence electrons. The molecule has 4 saturated heterocycles. The van der Waals surface area contributed by atoms with Crippen molar-refractivity contribution in [2.24, 2.45) is 0 Å². The number of carbonyl (C=O) groups excluding carboxylic acids is 2. The lowest BCUT2D eigenvalue weighted by atomic mass is 10.1. The summed E-state index contributed by atoms with van der Waals surface area (Å²) in [5.74, 6) is 0. The highest BCUT2D eigenvalue weighted by atomic mass is 16.7. The van der Waals surface area contributed by atoms with Gasteiger partial charge in [0.2, 0.25) is 0 Å². The quantitative estimate of drug-likeness (QED) is 0.0649. The number of aryl methyl sites for hydroxylation is 3. The van der Waals surface area contributed by atoms with Crippen LogP contribution < -0.4 is 5.73 Å². The zero-order chi connectivity index (χ0) is 50.1. The van der Waals surface area contributed by atoms with Crippen LogP contribution in [0.2, 0.25) is 0 Å². The van der Waals surface area contributed by atoms with Gasteiger partial charge in [-0.2, -0.15) is 0 Å². The number of nitrogen functional groups attached to an aromatic ring is 1. The Bertz CT molecular complexity index is 2430. The van der Waals surface area contributed by atoms with Gasteiger partial charge in [0.15, 0.2) is 31.4 Å². The second-order valence-corrected chi connectivity index (χ2v) is 15.4. The lowest BCUT2D eigenvalue weighted by Gasteiger charge is -2.11. The van der Waals surface area contributed by atoms with E-state index in [9.17, 15) is 29.8 Å². The lowest BCUT2D eigenvalue weighted by molar-refractivity contribution is -0.386. The molecular weight excluding hydrogens is 903 g/mol. The summed E-state index contributed by atoms with van der Waals surface area (Å²) < 4.78 is 42.6. The van der Waals surface area contributed by atoms with E-state index in [1.54, 1.807) is 24.3 Å². The Morgan fingerprint density at radius 1 is 0.400 bits per heavy atom. The summed E-state index contributed by atoms with van der Waals surface area (Å²) in [4.78, 5) is 40.3. The number of anilines is 1. The minimum Gasteiger partial charge on any atom is -0.398 e. The number of nitro benzene ring substituents is 2. The molecule has 4 aliphatic heterocycles. The Hall–Kier alpha value is -7.06. The minimum atomic E-state index is -0.586. The molecule has 0 amide bonds. The van der Waals surface area contributed by atoms with Crippen molar-refractivity contribution in [3.8, 4) is 0 Å². The van der Waals surface area contributed by atoms with Crippen molar-refractivity contribution in [3.05, 3.63) is 216 Å². The molecule has 17 nitrogen and oxygen atoms in total. The number of hydrogen-bond acceptors (Lipinski definition) is 15. The van der Waals surface area contributed by atoms with Crippen LogP contribution >= 0.6 is 0 Å². The smallest absolute Gasteiger partial charge is 0.279 e. The van der Waals surface area contributed by atoms with Crippen LogP contribution in [0.25, 0.3) is 0 Å². The fourth-order valence-electron chi connectivity index (χ4n) is 6.91. The summed E-state index contributed by atoms with van der Waals surface area (Å²) in [6, 6.07) is 43.6. The van der Waals surface area contributed by atoms with Crippen LogP contribution in [0, 0.1) is 41.0 Å². The van der Waals surface area contributed by atoms with Gasteiger partial charge in [-0.05, 0) is 55.7 Å². The predicted octanol–water partition coefficient (Wildman–Crippen LogP) is 10.3. The molecule has 4 aliphatic rings. The molecule has 17 heteroatoms. The van der Waals surface area contributed by atoms with Gasteiger partial charge in [0.1, 0.15) is 6.29 Å². The third-order valence-corrected chi connectivity index (χ3v) is 10.6. The van der Waals surface area contributed by atoms with E-state index in [0.717, 1.165) is 39.8 Å². The number of ether oxygens (including phenoxy) is 8. The molecule has 6 aromatic rings. The van der Waals surface area contributed by atoms with Crippen molar-refractivity contribution in [1.29, 1.82) is 0 Å². The van der Waals surface area contributed by atoms with Crippen molar-refractivity contribution < 1.29 is 57.3 Å². The Kier molecular flexibility index (Phi) is 22.4. The summed E-state index contributed by atoms with van der Waals surface area (Å²) in [7, 11) is 0. The lowest BCUT2D eigenvalue weighted by Crippen LogP contribution is -2.02. The number of nitrogens with zero attached hydrogens (tertiary/aromatic N) is 2. The number of carbonyl (C=O) groups is 2. The summed E-state index contributed by atoms with van der Waals surface area (Å²) in [5.41, 5.74) is 14.4. The summed E-state index contributed by atoms with van der Waals surface area (Å²) in [6.45, 7) is 11.2. The van der Waals surface area contributed by atoms with Crippen molar-refractivity contribution in [2.75, 3.05) is 58.6 Å². The number of benzene rings is 6. The third kappa shape index (κ3) is 16.6. The molecular formula is C53H57N3O14. The summed E-state index contributed by atoms with van der Waals surface area (Å²) in [6.07, 6.45) is 0.230. The number of rotatable bonds is 8. The number of hydrogen-bond donors (Lipinski definition) is 1. The topological polar surface area (TPSA) is 220 Å². The second kappa shape index (κ2) is 29.1. The van der Waals surface area contributed by atoms with Gasteiger partial charge in [0.25, 0.3) is 11.4 Å². The highest BCUT2D eigenvalue weighted by Gasteiger charge is 2.26. The molecule has 0 aromatic heterocycles. The van der Waals surface area contributed by atoms with Crippen LogP contribution in [0.1, 0.15) is 84.8 Å². The Labute approximate surface area is 406 Å². The van der Waals surface area contributed by atoms with Gasteiger partial charge in [0.05, 0.1) is 73.8 Å². The predicted molar refractivity (Wildman–Crippen MR) is 260 cm³/mol. The van der Waals surface area contributed by atoms with E-state index in [-0.39, 0.29) is 35.8 Å². The zero-order valence-corrected chi connectivity index (χ0v) is 39.2. The Morgan fingerprint density at radius 3 is 1.06 bits per heavy atom. The first-order valence-corrected chi connectivity index (χ1v) is 22.3. The molecule has 0 atom stereocenters. The monoisotopic (exact) mass is 959 g/mol. The maximum absolute atomic E-state index is 10.7. The van der Waals surface area contributed by atoms with Crippen molar-refractivity contribution in [1.82, 2.24) is 0 Å². The molecule has 70 heavy (non-hydrogen) atoms. The van der Waals surface area contributed by atoms with Crippen LogP contribution in [0.15, 0.2) is 146 Å². The molecule has 2 N–H and O–H groups in total. The number of nitro groups is 2. The van der Waals surface area contributed by atoms with Gasteiger partial charge >= 0.3 is 0 Å². The first kappa shape index (κ1) is 53.9. The van der Waals surface area contributed by atoms with Crippen molar-refractivity contribution >= 4 is 29.6 Å². The normalized spacial score (nSPS) is 15.5. The van der Waals surface area contributed by atoms with Crippen LogP contribution in [0.3, 0.4) is 0 Å². The first-order chi connectivity index (χ1) is 34.0. The van der Waals surface area contributed by atoms with Gasteiger partial charge in [0, 0.05) is 40.1 Å². The van der Waals surface area contributed by atoms with E-state index in [2.05, 4.69) is 26.0 Å². The molecule has 4 fully saturated rings. The third-order valence-electron chi connectivity index (χ3n) is 10.6.